The van der Waals surface area contributed by atoms with E-state index < -0.39 is 11.6 Å². The Kier molecular flexibility index (Phi) is 4.37. The summed E-state index contributed by atoms with van der Waals surface area (Å²) < 4.78 is 26.3. The second-order valence-corrected chi connectivity index (χ2v) is 5.37. The molecule has 3 nitrogen and oxygen atoms in total. The number of carbonyl (C=O) groups is 1. The number of nitrogens with one attached hydrogen (secondary N) is 2. The Balaban J connectivity index is 1.55. The van der Waals surface area contributed by atoms with Crippen LogP contribution in [0.2, 0.25) is 0 Å². The molecule has 0 saturated heterocycles. The topological polar surface area (TPSA) is 44.9 Å². The minimum atomic E-state index is -0.602. The Bertz CT molecular complexity index is 842. The van der Waals surface area contributed by atoms with Gasteiger partial charge in [0, 0.05) is 29.7 Å². The second-order valence-electron chi connectivity index (χ2n) is 5.37. The van der Waals surface area contributed by atoms with E-state index >= 15 is 0 Å². The molecule has 0 bridgehead atoms. The number of para-hydroxylation sites is 1. The van der Waals surface area contributed by atoms with Crippen molar-refractivity contribution in [2.45, 2.75) is 12.8 Å². The van der Waals surface area contributed by atoms with Crippen LogP contribution in [0.3, 0.4) is 0 Å². The first-order valence-electron chi connectivity index (χ1n) is 7.39. The van der Waals surface area contributed by atoms with Gasteiger partial charge in [-0.1, -0.05) is 24.3 Å². The number of halogens is 2. The summed E-state index contributed by atoms with van der Waals surface area (Å²) >= 11 is 0. The van der Waals surface area contributed by atoms with Crippen LogP contribution in [-0.2, 0) is 17.6 Å². The average molecular weight is 314 g/mol. The Morgan fingerprint density at radius 1 is 1.09 bits per heavy atom. The molecule has 1 heterocycles. The van der Waals surface area contributed by atoms with Crippen LogP contribution in [0.4, 0.5) is 8.78 Å². The van der Waals surface area contributed by atoms with E-state index in [0.717, 1.165) is 22.5 Å². The number of amides is 1. The lowest BCUT2D eigenvalue weighted by Crippen LogP contribution is -2.27. The van der Waals surface area contributed by atoms with Crippen LogP contribution in [0.1, 0.15) is 11.1 Å². The Morgan fingerprint density at radius 3 is 2.74 bits per heavy atom. The van der Waals surface area contributed by atoms with Gasteiger partial charge < -0.3 is 10.3 Å². The molecule has 1 aromatic heterocycles. The van der Waals surface area contributed by atoms with Crippen molar-refractivity contribution in [3.8, 4) is 0 Å². The first kappa shape index (κ1) is 15.2. The van der Waals surface area contributed by atoms with Gasteiger partial charge in [-0.05, 0) is 29.7 Å². The third-order valence-corrected chi connectivity index (χ3v) is 3.76. The van der Waals surface area contributed by atoms with Crippen LogP contribution in [0, 0.1) is 11.6 Å². The molecule has 1 amide bonds. The standard InChI is InChI=1S/C18H16F2N2O/c19-14-6-5-12(16(20)10-14)7-8-21-18(23)9-13-11-22-17-4-2-1-3-15(13)17/h1-6,10-11,22H,7-9H2,(H,21,23). The molecule has 0 atom stereocenters. The molecule has 118 valence electrons. The van der Waals surface area contributed by atoms with Gasteiger partial charge in [0.2, 0.25) is 5.91 Å². The number of carbonyl (C=O) groups excluding carboxylic acids is 1. The molecule has 2 aromatic carbocycles. The van der Waals surface area contributed by atoms with Gasteiger partial charge in [0.15, 0.2) is 0 Å². The summed E-state index contributed by atoms with van der Waals surface area (Å²) in [5.74, 6) is -1.32. The molecule has 5 heteroatoms. The number of H-pyrrole nitrogens is 1. The molecule has 3 aromatic rings. The fourth-order valence-electron chi connectivity index (χ4n) is 2.57. The summed E-state index contributed by atoms with van der Waals surface area (Å²) in [5.41, 5.74) is 2.30. The Labute approximate surface area is 132 Å². The molecule has 2 N–H and O–H groups in total. The number of fused-ring (bicyclic) bond motifs is 1. The molecule has 0 aliphatic heterocycles. The van der Waals surface area contributed by atoms with Crippen molar-refractivity contribution in [3.05, 3.63) is 71.4 Å². The van der Waals surface area contributed by atoms with Crippen LogP contribution in [0.25, 0.3) is 10.9 Å². The van der Waals surface area contributed by atoms with Crippen LogP contribution in [0.15, 0.2) is 48.7 Å². The number of hydrogen-bond acceptors (Lipinski definition) is 1. The van der Waals surface area contributed by atoms with E-state index in [1.807, 2.05) is 30.5 Å². The van der Waals surface area contributed by atoms with Gasteiger partial charge in [-0.3, -0.25) is 4.79 Å². The molecule has 3 rings (SSSR count). The van der Waals surface area contributed by atoms with Gasteiger partial charge in [0.1, 0.15) is 11.6 Å². The zero-order valence-corrected chi connectivity index (χ0v) is 12.4. The van der Waals surface area contributed by atoms with Crippen molar-refractivity contribution in [1.82, 2.24) is 10.3 Å². The summed E-state index contributed by atoms with van der Waals surface area (Å²) in [4.78, 5) is 15.1. The van der Waals surface area contributed by atoms with E-state index in [0.29, 0.717) is 18.5 Å². The first-order valence-corrected chi connectivity index (χ1v) is 7.39. The van der Waals surface area contributed by atoms with Gasteiger partial charge in [-0.2, -0.15) is 0 Å². The van der Waals surface area contributed by atoms with Crippen LogP contribution in [0.5, 0.6) is 0 Å². The predicted octanol–water partition coefficient (Wildman–Crippen LogP) is 3.35. The average Bonchev–Trinajstić information content (AvgIpc) is 2.93. The van der Waals surface area contributed by atoms with Crippen molar-refractivity contribution < 1.29 is 13.6 Å². The third kappa shape index (κ3) is 3.56. The smallest absolute Gasteiger partial charge is 0.224 e. The van der Waals surface area contributed by atoms with Crippen molar-refractivity contribution in [2.24, 2.45) is 0 Å². The van der Waals surface area contributed by atoms with E-state index in [2.05, 4.69) is 10.3 Å². The maximum absolute atomic E-state index is 13.5. The molecular weight excluding hydrogens is 298 g/mol. The Hall–Kier alpha value is -2.69. The number of benzene rings is 2. The summed E-state index contributed by atoms with van der Waals surface area (Å²) in [5, 5.41) is 3.78. The summed E-state index contributed by atoms with van der Waals surface area (Å²) in [6.07, 6.45) is 2.41. The van der Waals surface area contributed by atoms with E-state index in [-0.39, 0.29) is 12.3 Å². The molecule has 0 radical (unpaired) electrons. The quantitative estimate of drug-likeness (QED) is 0.745. The largest absolute Gasteiger partial charge is 0.361 e. The maximum atomic E-state index is 13.5. The SMILES string of the molecule is O=C(Cc1c[nH]c2ccccc12)NCCc1ccc(F)cc1F. The highest BCUT2D eigenvalue weighted by Crippen LogP contribution is 2.18. The fourth-order valence-corrected chi connectivity index (χ4v) is 2.57. The number of aromatic amines is 1. The fraction of sp³-hybridized carbons (Fsp3) is 0.167. The highest BCUT2D eigenvalue weighted by atomic mass is 19.1. The molecular formula is C18H16F2N2O. The first-order chi connectivity index (χ1) is 11.1. The molecule has 0 fully saturated rings. The van der Waals surface area contributed by atoms with Gasteiger partial charge in [0.05, 0.1) is 6.42 Å². The van der Waals surface area contributed by atoms with Gasteiger partial charge in [-0.15, -0.1) is 0 Å². The van der Waals surface area contributed by atoms with E-state index in [1.165, 1.54) is 12.1 Å². The number of rotatable bonds is 5. The summed E-state index contributed by atoms with van der Waals surface area (Å²) in [6, 6.07) is 11.2. The van der Waals surface area contributed by atoms with Crippen molar-refractivity contribution in [2.75, 3.05) is 6.54 Å². The third-order valence-electron chi connectivity index (χ3n) is 3.76. The highest BCUT2D eigenvalue weighted by Gasteiger charge is 2.09. The minimum absolute atomic E-state index is 0.128. The van der Waals surface area contributed by atoms with Crippen LogP contribution < -0.4 is 5.32 Å². The van der Waals surface area contributed by atoms with Crippen molar-refractivity contribution in [1.29, 1.82) is 0 Å². The number of hydrogen-bond donors (Lipinski definition) is 2. The normalized spacial score (nSPS) is 10.9. The van der Waals surface area contributed by atoms with E-state index in [4.69, 9.17) is 0 Å². The summed E-state index contributed by atoms with van der Waals surface area (Å²) in [6.45, 7) is 0.309. The van der Waals surface area contributed by atoms with Gasteiger partial charge >= 0.3 is 0 Å². The minimum Gasteiger partial charge on any atom is -0.361 e. The van der Waals surface area contributed by atoms with Gasteiger partial charge in [-0.25, -0.2) is 8.78 Å². The molecule has 0 unspecified atom stereocenters. The lowest BCUT2D eigenvalue weighted by Gasteiger charge is -2.06. The number of aromatic nitrogens is 1. The molecule has 0 aliphatic carbocycles. The second kappa shape index (κ2) is 6.60. The zero-order chi connectivity index (χ0) is 16.2. The molecule has 0 saturated carbocycles. The van der Waals surface area contributed by atoms with Crippen molar-refractivity contribution >= 4 is 16.8 Å². The molecule has 0 spiro atoms. The van der Waals surface area contributed by atoms with Crippen LogP contribution >= 0.6 is 0 Å². The maximum Gasteiger partial charge on any atom is 0.224 e. The zero-order valence-electron chi connectivity index (χ0n) is 12.4. The Morgan fingerprint density at radius 2 is 1.91 bits per heavy atom. The molecule has 0 aliphatic rings. The predicted molar refractivity (Wildman–Crippen MR) is 85.1 cm³/mol. The highest BCUT2D eigenvalue weighted by molar-refractivity contribution is 5.88. The lowest BCUT2D eigenvalue weighted by molar-refractivity contribution is -0.120. The van der Waals surface area contributed by atoms with Gasteiger partial charge in [0.25, 0.3) is 0 Å². The molecule has 23 heavy (non-hydrogen) atoms. The monoisotopic (exact) mass is 314 g/mol. The summed E-state index contributed by atoms with van der Waals surface area (Å²) in [7, 11) is 0. The van der Waals surface area contributed by atoms with E-state index in [9.17, 15) is 13.6 Å². The van der Waals surface area contributed by atoms with E-state index in [1.54, 1.807) is 0 Å². The van der Waals surface area contributed by atoms with Crippen molar-refractivity contribution in [3.63, 3.8) is 0 Å². The lowest BCUT2D eigenvalue weighted by atomic mass is 10.1. The van der Waals surface area contributed by atoms with Crippen LogP contribution in [-0.4, -0.2) is 17.4 Å².